The molecule has 0 radical (unpaired) electrons. The smallest absolute Gasteiger partial charge is 0.222 e. The maximum absolute atomic E-state index is 10.5. The van der Waals surface area contributed by atoms with Crippen LogP contribution in [0.4, 0.5) is 0 Å². The molecule has 0 atom stereocenters. The lowest BCUT2D eigenvalue weighted by molar-refractivity contribution is -0.126. The molecule has 78 valence electrons. The number of hydrogen-bond acceptors (Lipinski definition) is 3. The second-order valence-corrected chi connectivity index (χ2v) is 3.39. The van der Waals surface area contributed by atoms with Gasteiger partial charge in [-0.3, -0.25) is 4.79 Å². The molecule has 0 saturated carbocycles. The number of aliphatic hydroxyl groups is 2. The number of carbonyl (C=O) groups is 1. The highest BCUT2D eigenvalue weighted by molar-refractivity contribution is 5.77. The molecular weight excluding hydrogens is 170 g/mol. The van der Waals surface area contributed by atoms with E-state index in [2.05, 4.69) is 0 Å². The minimum Gasteiger partial charge on any atom is -0.396 e. The molecule has 4 nitrogen and oxygen atoms in total. The Kier molecular flexibility index (Phi) is 6.54. The first-order valence-electron chi connectivity index (χ1n) is 4.57. The molecule has 0 bridgehead atoms. The van der Waals surface area contributed by atoms with E-state index in [4.69, 9.17) is 10.2 Å². The Labute approximate surface area is 79.2 Å². The minimum absolute atomic E-state index is 0.0463. The molecule has 1 aliphatic rings. The molecule has 0 aliphatic carbocycles. The number of aliphatic hydroxyl groups excluding tert-OH is 2. The molecule has 1 amide bonds. The molecule has 1 fully saturated rings. The van der Waals surface area contributed by atoms with Crippen LogP contribution < -0.4 is 0 Å². The quantitative estimate of drug-likeness (QED) is 0.635. The number of rotatable bonds is 2. The fraction of sp³-hybridized carbons (Fsp3) is 0.889. The van der Waals surface area contributed by atoms with Crippen LogP contribution in [0.2, 0.25) is 0 Å². The molecule has 13 heavy (non-hydrogen) atoms. The molecule has 4 heteroatoms. The van der Waals surface area contributed by atoms with Gasteiger partial charge in [0.25, 0.3) is 0 Å². The van der Waals surface area contributed by atoms with Gasteiger partial charge in [-0.15, -0.1) is 0 Å². The van der Waals surface area contributed by atoms with Crippen molar-refractivity contribution in [1.82, 2.24) is 4.90 Å². The van der Waals surface area contributed by atoms with Gasteiger partial charge in [-0.05, 0) is 6.42 Å². The highest BCUT2D eigenvalue weighted by Gasteiger charge is 2.14. The first kappa shape index (κ1) is 12.4. The average Bonchev–Trinajstić information content (AvgIpc) is 2.51. The summed E-state index contributed by atoms with van der Waals surface area (Å²) >= 11 is 0. The second-order valence-electron chi connectivity index (χ2n) is 3.39. The van der Waals surface area contributed by atoms with Crippen molar-refractivity contribution in [1.29, 1.82) is 0 Å². The largest absolute Gasteiger partial charge is 0.396 e. The number of hydrogen-bond donors (Lipinski definition) is 2. The van der Waals surface area contributed by atoms with E-state index < -0.39 is 0 Å². The SMILES string of the molecule is CC(CO)CO.CN1CCCC1=O. The zero-order valence-corrected chi connectivity index (χ0v) is 8.36. The van der Waals surface area contributed by atoms with Crippen molar-refractivity contribution in [2.75, 3.05) is 26.8 Å². The van der Waals surface area contributed by atoms with Crippen LogP contribution >= 0.6 is 0 Å². The Balaban J connectivity index is 0.000000226. The summed E-state index contributed by atoms with van der Waals surface area (Å²) in [6.45, 7) is 2.89. The van der Waals surface area contributed by atoms with Crippen LogP contribution in [0.5, 0.6) is 0 Å². The molecular formula is C9H19NO3. The first-order chi connectivity index (χ1) is 6.11. The summed E-state index contributed by atoms with van der Waals surface area (Å²) in [6, 6.07) is 0. The lowest BCUT2D eigenvalue weighted by Crippen LogP contribution is -2.17. The molecule has 1 saturated heterocycles. The highest BCUT2D eigenvalue weighted by atomic mass is 16.3. The topological polar surface area (TPSA) is 60.8 Å². The Hall–Kier alpha value is -0.610. The maximum Gasteiger partial charge on any atom is 0.222 e. The summed E-state index contributed by atoms with van der Waals surface area (Å²) in [5, 5.41) is 16.3. The fourth-order valence-corrected chi connectivity index (χ4v) is 0.841. The van der Waals surface area contributed by atoms with E-state index in [1.54, 1.807) is 11.8 Å². The second kappa shape index (κ2) is 6.86. The Morgan fingerprint density at radius 2 is 2.00 bits per heavy atom. The molecule has 0 spiro atoms. The number of amides is 1. The fourth-order valence-electron chi connectivity index (χ4n) is 0.841. The van der Waals surface area contributed by atoms with E-state index in [-0.39, 0.29) is 19.1 Å². The number of likely N-dealkylation sites (tertiary alicyclic amines) is 1. The number of nitrogens with zero attached hydrogens (tertiary/aromatic N) is 1. The standard InChI is InChI=1S/C5H9NO.C4H10O2/c1-6-4-2-3-5(6)7;1-4(2-5)3-6/h2-4H2,1H3;4-6H,2-3H2,1H3. The van der Waals surface area contributed by atoms with E-state index >= 15 is 0 Å². The van der Waals surface area contributed by atoms with Crippen LogP contribution in [-0.4, -0.2) is 47.8 Å². The van der Waals surface area contributed by atoms with Gasteiger partial charge in [-0.2, -0.15) is 0 Å². The van der Waals surface area contributed by atoms with Crippen molar-refractivity contribution < 1.29 is 15.0 Å². The highest BCUT2D eigenvalue weighted by Crippen LogP contribution is 2.04. The van der Waals surface area contributed by atoms with Gasteiger partial charge in [0.1, 0.15) is 0 Å². The van der Waals surface area contributed by atoms with Crippen molar-refractivity contribution in [2.45, 2.75) is 19.8 Å². The van der Waals surface area contributed by atoms with Gasteiger partial charge in [0.05, 0.1) is 0 Å². The summed E-state index contributed by atoms with van der Waals surface area (Å²) in [5.74, 6) is 0.338. The van der Waals surface area contributed by atoms with Gasteiger partial charge < -0.3 is 15.1 Å². The van der Waals surface area contributed by atoms with Crippen molar-refractivity contribution >= 4 is 5.91 Å². The van der Waals surface area contributed by atoms with Crippen molar-refractivity contribution in [3.05, 3.63) is 0 Å². The Morgan fingerprint density at radius 1 is 1.46 bits per heavy atom. The molecule has 0 unspecified atom stereocenters. The normalized spacial score (nSPS) is 16.1. The zero-order chi connectivity index (χ0) is 10.3. The minimum atomic E-state index is 0.0463. The third-order valence-corrected chi connectivity index (χ3v) is 1.93. The van der Waals surface area contributed by atoms with Gasteiger partial charge >= 0.3 is 0 Å². The van der Waals surface area contributed by atoms with Gasteiger partial charge in [-0.1, -0.05) is 6.92 Å². The summed E-state index contributed by atoms with van der Waals surface area (Å²) < 4.78 is 0. The van der Waals surface area contributed by atoms with Gasteiger partial charge in [0.2, 0.25) is 5.91 Å². The van der Waals surface area contributed by atoms with E-state index in [0.717, 1.165) is 19.4 Å². The molecule has 1 heterocycles. The van der Waals surface area contributed by atoms with Crippen molar-refractivity contribution in [3.8, 4) is 0 Å². The molecule has 0 aromatic heterocycles. The van der Waals surface area contributed by atoms with Crippen LogP contribution in [0, 0.1) is 5.92 Å². The summed E-state index contributed by atoms with van der Waals surface area (Å²) in [7, 11) is 1.84. The average molecular weight is 189 g/mol. The Bertz CT molecular complexity index is 146. The van der Waals surface area contributed by atoms with Crippen LogP contribution in [0.25, 0.3) is 0 Å². The van der Waals surface area contributed by atoms with E-state index in [0.29, 0.717) is 5.91 Å². The zero-order valence-electron chi connectivity index (χ0n) is 8.36. The van der Waals surface area contributed by atoms with Crippen molar-refractivity contribution in [3.63, 3.8) is 0 Å². The third kappa shape index (κ3) is 5.60. The number of carbonyl (C=O) groups excluding carboxylic acids is 1. The summed E-state index contributed by atoms with van der Waals surface area (Å²) in [5.41, 5.74) is 0. The third-order valence-electron chi connectivity index (χ3n) is 1.93. The lowest BCUT2D eigenvalue weighted by Gasteiger charge is -2.03. The Morgan fingerprint density at radius 3 is 2.08 bits per heavy atom. The monoisotopic (exact) mass is 189 g/mol. The predicted octanol–water partition coefficient (Wildman–Crippen LogP) is -0.154. The van der Waals surface area contributed by atoms with Crippen LogP contribution in [0.3, 0.4) is 0 Å². The summed E-state index contributed by atoms with van der Waals surface area (Å²) in [6.07, 6.45) is 1.81. The van der Waals surface area contributed by atoms with Gasteiger partial charge in [0, 0.05) is 39.1 Å². The summed E-state index contributed by atoms with van der Waals surface area (Å²) in [4.78, 5) is 12.3. The molecule has 0 aromatic rings. The molecule has 1 rings (SSSR count). The molecule has 2 N–H and O–H groups in total. The maximum atomic E-state index is 10.5. The van der Waals surface area contributed by atoms with Gasteiger partial charge in [-0.25, -0.2) is 0 Å². The molecule has 1 aliphatic heterocycles. The first-order valence-corrected chi connectivity index (χ1v) is 4.57. The van der Waals surface area contributed by atoms with E-state index in [1.165, 1.54) is 0 Å². The van der Waals surface area contributed by atoms with Crippen LogP contribution in [-0.2, 0) is 4.79 Å². The predicted molar refractivity (Wildman–Crippen MR) is 50.2 cm³/mol. The van der Waals surface area contributed by atoms with Crippen LogP contribution in [0.1, 0.15) is 19.8 Å². The van der Waals surface area contributed by atoms with Crippen molar-refractivity contribution in [2.24, 2.45) is 5.92 Å². The van der Waals surface area contributed by atoms with E-state index in [9.17, 15) is 4.79 Å². The van der Waals surface area contributed by atoms with E-state index in [1.807, 2.05) is 7.05 Å². The lowest BCUT2D eigenvalue weighted by atomic mass is 10.2. The molecule has 0 aromatic carbocycles. The van der Waals surface area contributed by atoms with Crippen LogP contribution in [0.15, 0.2) is 0 Å². The van der Waals surface area contributed by atoms with Gasteiger partial charge in [0.15, 0.2) is 0 Å².